The van der Waals surface area contributed by atoms with E-state index < -0.39 is 29.8 Å². The fraction of sp³-hybridized carbons (Fsp3) is 0.273. The Bertz CT molecular complexity index is 1010. The SMILES string of the molecule is CCNC(=O)[C@H](C)OC(=O)c1cc(CN2C(=O)c3ccccc3C2=O)cc(C)c1O. The monoisotopic (exact) mass is 410 g/mol. The second-order valence-corrected chi connectivity index (χ2v) is 6.99. The van der Waals surface area contributed by atoms with Gasteiger partial charge in [-0.15, -0.1) is 0 Å². The lowest BCUT2D eigenvalue weighted by Crippen LogP contribution is -2.35. The van der Waals surface area contributed by atoms with Crippen LogP contribution in [-0.4, -0.2) is 46.3 Å². The van der Waals surface area contributed by atoms with Crippen LogP contribution in [0.5, 0.6) is 5.75 Å². The van der Waals surface area contributed by atoms with Gasteiger partial charge in [0.2, 0.25) is 0 Å². The molecule has 0 saturated carbocycles. The van der Waals surface area contributed by atoms with Crippen LogP contribution < -0.4 is 5.32 Å². The topological polar surface area (TPSA) is 113 Å². The van der Waals surface area contributed by atoms with Gasteiger partial charge < -0.3 is 15.2 Å². The lowest BCUT2D eigenvalue weighted by Gasteiger charge is -2.17. The zero-order chi connectivity index (χ0) is 22.0. The molecule has 1 aliphatic rings. The van der Waals surface area contributed by atoms with Crippen LogP contribution in [0.2, 0.25) is 0 Å². The summed E-state index contributed by atoms with van der Waals surface area (Å²) in [7, 11) is 0. The predicted molar refractivity (Wildman–Crippen MR) is 107 cm³/mol. The third kappa shape index (κ3) is 3.89. The van der Waals surface area contributed by atoms with Crippen LogP contribution in [0, 0.1) is 6.92 Å². The standard InChI is InChI=1S/C22H22N2O6/c1-4-23-19(26)13(3)30-22(29)17-10-14(9-12(2)18(17)25)11-24-20(27)15-7-5-6-8-16(15)21(24)28/h5-10,13,25H,4,11H2,1-3H3,(H,23,26)/t13-/m0/s1. The molecule has 8 heteroatoms. The minimum Gasteiger partial charge on any atom is -0.507 e. The van der Waals surface area contributed by atoms with Crippen LogP contribution in [0.25, 0.3) is 0 Å². The van der Waals surface area contributed by atoms with E-state index >= 15 is 0 Å². The Morgan fingerprint density at radius 2 is 1.73 bits per heavy atom. The maximum Gasteiger partial charge on any atom is 0.342 e. The molecule has 0 radical (unpaired) electrons. The summed E-state index contributed by atoms with van der Waals surface area (Å²) in [6.45, 7) is 5.07. The fourth-order valence-electron chi connectivity index (χ4n) is 3.26. The van der Waals surface area contributed by atoms with Crippen molar-refractivity contribution in [1.82, 2.24) is 10.2 Å². The normalized spacial score (nSPS) is 13.8. The number of carbonyl (C=O) groups is 4. The number of esters is 1. The molecule has 0 unspecified atom stereocenters. The first-order chi connectivity index (χ1) is 14.2. The van der Waals surface area contributed by atoms with Gasteiger partial charge in [0.25, 0.3) is 17.7 Å². The van der Waals surface area contributed by atoms with E-state index in [1.165, 1.54) is 13.0 Å². The molecule has 8 nitrogen and oxygen atoms in total. The van der Waals surface area contributed by atoms with Gasteiger partial charge in [-0.2, -0.15) is 0 Å². The minimum absolute atomic E-state index is 0.0698. The number of hydrogen-bond donors (Lipinski definition) is 2. The van der Waals surface area contributed by atoms with Gasteiger partial charge in [0.1, 0.15) is 11.3 Å². The lowest BCUT2D eigenvalue weighted by atomic mass is 10.0. The second kappa shape index (κ2) is 8.36. The summed E-state index contributed by atoms with van der Waals surface area (Å²) in [5.74, 6) is -2.46. The summed E-state index contributed by atoms with van der Waals surface area (Å²) in [6.07, 6.45) is -1.04. The zero-order valence-electron chi connectivity index (χ0n) is 16.9. The number of phenols is 1. The molecule has 0 aromatic heterocycles. The number of fused-ring (bicyclic) bond motifs is 1. The molecule has 30 heavy (non-hydrogen) atoms. The number of aryl methyl sites for hydroxylation is 1. The van der Waals surface area contributed by atoms with E-state index in [1.807, 2.05) is 0 Å². The van der Waals surface area contributed by atoms with E-state index in [4.69, 9.17) is 4.74 Å². The third-order valence-electron chi connectivity index (χ3n) is 4.80. The van der Waals surface area contributed by atoms with E-state index in [9.17, 15) is 24.3 Å². The van der Waals surface area contributed by atoms with Crippen LogP contribution in [0.1, 0.15) is 56.0 Å². The molecule has 2 aromatic rings. The predicted octanol–water partition coefficient (Wildman–Crippen LogP) is 2.18. The van der Waals surface area contributed by atoms with Crippen molar-refractivity contribution in [3.63, 3.8) is 0 Å². The minimum atomic E-state index is -1.04. The van der Waals surface area contributed by atoms with E-state index in [-0.39, 0.29) is 17.9 Å². The van der Waals surface area contributed by atoms with Gasteiger partial charge in [0.15, 0.2) is 6.10 Å². The molecule has 156 valence electrons. The molecule has 3 rings (SSSR count). The smallest absolute Gasteiger partial charge is 0.342 e. The number of likely N-dealkylation sites (N-methyl/N-ethyl adjacent to an activating group) is 1. The van der Waals surface area contributed by atoms with Crippen LogP contribution >= 0.6 is 0 Å². The molecule has 3 amide bonds. The quantitative estimate of drug-likeness (QED) is 0.558. The molecule has 1 atom stereocenters. The van der Waals surface area contributed by atoms with Crippen molar-refractivity contribution in [3.05, 3.63) is 64.2 Å². The molecule has 0 aliphatic carbocycles. The number of rotatable bonds is 6. The van der Waals surface area contributed by atoms with Gasteiger partial charge in [0, 0.05) is 6.54 Å². The van der Waals surface area contributed by atoms with E-state index in [0.29, 0.717) is 28.8 Å². The van der Waals surface area contributed by atoms with Gasteiger partial charge in [-0.05, 0) is 50.1 Å². The van der Waals surface area contributed by atoms with Gasteiger partial charge in [-0.3, -0.25) is 19.3 Å². The molecule has 0 bridgehead atoms. The Morgan fingerprint density at radius 3 is 2.30 bits per heavy atom. The molecule has 0 saturated heterocycles. The number of carbonyl (C=O) groups excluding carboxylic acids is 4. The summed E-state index contributed by atoms with van der Waals surface area (Å²) >= 11 is 0. The van der Waals surface area contributed by atoms with Crippen molar-refractivity contribution in [2.45, 2.75) is 33.4 Å². The van der Waals surface area contributed by atoms with Crippen LogP contribution in [-0.2, 0) is 16.1 Å². The molecular formula is C22H22N2O6. The molecular weight excluding hydrogens is 388 g/mol. The number of benzene rings is 2. The first kappa shape index (κ1) is 21.0. The van der Waals surface area contributed by atoms with E-state index in [0.717, 1.165) is 4.90 Å². The number of aromatic hydroxyl groups is 1. The average Bonchev–Trinajstić information content (AvgIpc) is 2.95. The number of hydrogen-bond acceptors (Lipinski definition) is 6. The highest BCUT2D eigenvalue weighted by Crippen LogP contribution is 2.28. The van der Waals surface area contributed by atoms with Crippen molar-refractivity contribution in [1.29, 1.82) is 0 Å². The maximum atomic E-state index is 12.6. The lowest BCUT2D eigenvalue weighted by molar-refractivity contribution is -0.128. The number of ether oxygens (including phenoxy) is 1. The summed E-state index contributed by atoms with van der Waals surface area (Å²) in [5.41, 5.74) is 1.36. The van der Waals surface area contributed by atoms with Crippen LogP contribution in [0.4, 0.5) is 0 Å². The third-order valence-corrected chi connectivity index (χ3v) is 4.80. The molecule has 2 aromatic carbocycles. The highest BCUT2D eigenvalue weighted by atomic mass is 16.5. The number of phenolic OH excluding ortho intramolecular Hbond substituents is 1. The largest absolute Gasteiger partial charge is 0.507 e. The summed E-state index contributed by atoms with van der Waals surface area (Å²) < 4.78 is 5.15. The Labute approximate surface area is 173 Å². The number of amides is 3. The van der Waals surface area contributed by atoms with Crippen LogP contribution in [0.3, 0.4) is 0 Å². The Morgan fingerprint density at radius 1 is 1.13 bits per heavy atom. The first-order valence-electron chi connectivity index (χ1n) is 9.51. The number of nitrogens with zero attached hydrogens (tertiary/aromatic N) is 1. The molecule has 2 N–H and O–H groups in total. The molecule has 1 heterocycles. The zero-order valence-corrected chi connectivity index (χ0v) is 16.9. The fourth-order valence-corrected chi connectivity index (χ4v) is 3.26. The summed E-state index contributed by atoms with van der Waals surface area (Å²) in [4.78, 5) is 50.6. The van der Waals surface area contributed by atoms with Crippen molar-refractivity contribution < 1.29 is 29.0 Å². The molecule has 0 fully saturated rings. The van der Waals surface area contributed by atoms with Gasteiger partial charge in [0.05, 0.1) is 17.7 Å². The molecule has 0 spiro atoms. The van der Waals surface area contributed by atoms with E-state index in [2.05, 4.69) is 5.32 Å². The van der Waals surface area contributed by atoms with Gasteiger partial charge >= 0.3 is 5.97 Å². The summed E-state index contributed by atoms with van der Waals surface area (Å²) in [5, 5.41) is 12.9. The van der Waals surface area contributed by atoms with E-state index in [1.54, 1.807) is 44.2 Å². The van der Waals surface area contributed by atoms with Gasteiger partial charge in [-0.1, -0.05) is 18.2 Å². The highest BCUT2D eigenvalue weighted by molar-refractivity contribution is 6.21. The maximum absolute atomic E-state index is 12.6. The van der Waals surface area contributed by atoms with Crippen molar-refractivity contribution in [3.8, 4) is 5.75 Å². The number of nitrogens with one attached hydrogen (secondary N) is 1. The van der Waals surface area contributed by atoms with Crippen molar-refractivity contribution in [2.75, 3.05) is 6.54 Å². The Hall–Kier alpha value is -3.68. The Kier molecular flexibility index (Phi) is 5.86. The van der Waals surface area contributed by atoms with Crippen molar-refractivity contribution >= 4 is 23.7 Å². The Balaban J connectivity index is 1.84. The van der Waals surface area contributed by atoms with Crippen LogP contribution in [0.15, 0.2) is 36.4 Å². The first-order valence-corrected chi connectivity index (χ1v) is 9.51. The number of imide groups is 1. The summed E-state index contributed by atoms with van der Waals surface area (Å²) in [6, 6.07) is 9.48. The molecule has 1 aliphatic heterocycles. The highest BCUT2D eigenvalue weighted by Gasteiger charge is 2.35. The van der Waals surface area contributed by atoms with Crippen molar-refractivity contribution in [2.24, 2.45) is 0 Å². The second-order valence-electron chi connectivity index (χ2n) is 6.99. The average molecular weight is 410 g/mol. The van der Waals surface area contributed by atoms with Gasteiger partial charge in [-0.25, -0.2) is 4.79 Å².